The van der Waals surface area contributed by atoms with Gasteiger partial charge in [-0.2, -0.15) is 4.57 Å². The van der Waals surface area contributed by atoms with Gasteiger partial charge in [0, 0.05) is 12.4 Å². The van der Waals surface area contributed by atoms with Crippen molar-refractivity contribution in [1.82, 2.24) is 9.55 Å². The van der Waals surface area contributed by atoms with Crippen molar-refractivity contribution in [3.63, 3.8) is 0 Å². The lowest BCUT2D eigenvalue weighted by atomic mass is 10.1. The van der Waals surface area contributed by atoms with Gasteiger partial charge in [-0.25, -0.2) is 4.57 Å². The van der Waals surface area contributed by atoms with Crippen LogP contribution >= 0.6 is 0 Å². The Bertz CT molecular complexity index is 1140. The van der Waals surface area contributed by atoms with E-state index in [1.54, 1.807) is 0 Å². The van der Waals surface area contributed by atoms with Crippen LogP contribution in [0.3, 0.4) is 0 Å². The molecule has 0 aliphatic carbocycles. The van der Waals surface area contributed by atoms with Crippen molar-refractivity contribution >= 4 is 24.3 Å². The number of para-hydroxylation sites is 3. The highest BCUT2D eigenvalue weighted by molar-refractivity contribution is 6.89. The van der Waals surface area contributed by atoms with Gasteiger partial charge in [-0.15, -0.1) is 0 Å². The lowest BCUT2D eigenvalue weighted by molar-refractivity contribution is -0.633. The molecular formula is C23H26N3Si+. The first kappa shape index (κ1) is 17.7. The van der Waals surface area contributed by atoms with Gasteiger partial charge >= 0.3 is 0 Å². The summed E-state index contributed by atoms with van der Waals surface area (Å²) < 4.78 is 4.72. The minimum Gasteiger partial charge on any atom is -0.264 e. The van der Waals surface area contributed by atoms with Gasteiger partial charge in [-0.3, -0.25) is 4.98 Å². The molecule has 0 aliphatic rings. The average molecular weight is 373 g/mol. The van der Waals surface area contributed by atoms with Crippen LogP contribution in [0, 0.1) is 6.92 Å². The van der Waals surface area contributed by atoms with Gasteiger partial charge < -0.3 is 0 Å². The summed E-state index contributed by atoms with van der Waals surface area (Å²) in [5, 5.41) is 1.47. The zero-order valence-corrected chi connectivity index (χ0v) is 17.7. The normalized spacial score (nSPS) is 11.9. The van der Waals surface area contributed by atoms with Gasteiger partial charge in [0.25, 0.3) is 5.82 Å². The highest BCUT2D eigenvalue weighted by Gasteiger charge is 2.31. The summed E-state index contributed by atoms with van der Waals surface area (Å²) in [7, 11) is 0.629. The molecule has 0 aliphatic heterocycles. The van der Waals surface area contributed by atoms with Crippen LogP contribution in [0.2, 0.25) is 19.6 Å². The molecule has 0 unspecified atom stereocenters. The van der Waals surface area contributed by atoms with Gasteiger partial charge in [0.1, 0.15) is 5.69 Å². The van der Waals surface area contributed by atoms with Crippen LogP contribution in [0.4, 0.5) is 0 Å². The lowest BCUT2D eigenvalue weighted by Gasteiger charge is -2.19. The molecule has 0 radical (unpaired) electrons. The predicted molar refractivity (Wildman–Crippen MR) is 115 cm³/mol. The fraction of sp³-hybridized carbons (Fsp3) is 0.217. The molecular weight excluding hydrogens is 346 g/mol. The smallest absolute Gasteiger partial charge is 0.264 e. The van der Waals surface area contributed by atoms with Gasteiger partial charge in [0.05, 0.1) is 20.7 Å². The Morgan fingerprint density at radius 2 is 1.63 bits per heavy atom. The molecule has 0 spiro atoms. The Kier molecular flexibility index (Phi) is 4.23. The fourth-order valence-corrected chi connectivity index (χ4v) is 5.42. The highest BCUT2D eigenvalue weighted by Crippen LogP contribution is 2.28. The summed E-state index contributed by atoms with van der Waals surface area (Å²) in [6, 6.07) is 19.6. The Labute approximate surface area is 162 Å². The fourth-order valence-electron chi connectivity index (χ4n) is 3.86. The lowest BCUT2D eigenvalue weighted by Crippen LogP contribution is -2.40. The van der Waals surface area contributed by atoms with Crippen LogP contribution < -0.4 is 9.75 Å². The summed E-state index contributed by atoms with van der Waals surface area (Å²) in [6.45, 7) is 9.38. The number of hydrogen-bond donors (Lipinski definition) is 0. The Hall–Kier alpha value is -2.72. The van der Waals surface area contributed by atoms with Gasteiger partial charge in [-0.1, -0.05) is 50.0 Å². The van der Waals surface area contributed by atoms with E-state index in [4.69, 9.17) is 0 Å². The molecule has 0 bridgehead atoms. The van der Waals surface area contributed by atoms with Crippen molar-refractivity contribution in [2.24, 2.45) is 7.05 Å². The molecule has 0 saturated carbocycles. The summed E-state index contributed by atoms with van der Waals surface area (Å²) in [6.07, 6.45) is 3.85. The number of aromatic nitrogens is 3. The molecule has 136 valence electrons. The maximum absolute atomic E-state index is 4.42. The van der Waals surface area contributed by atoms with Crippen molar-refractivity contribution in [2.45, 2.75) is 26.6 Å². The Balaban J connectivity index is 2.17. The summed E-state index contributed by atoms with van der Waals surface area (Å²) in [5.74, 6) is 1.17. The number of nitrogens with zero attached hydrogens (tertiary/aromatic N) is 3. The standard InChI is InChI=1S/C23H26N3Si/c1-17-14-15-24-16-18(17)23-25(2)19-10-6-7-11-20(19)26(23)21-12-8-9-13-22(21)27(3,4)5/h6-16H,1-5H3/q+1. The third-order valence-corrected chi connectivity index (χ3v) is 7.29. The Morgan fingerprint density at radius 3 is 2.37 bits per heavy atom. The van der Waals surface area contributed by atoms with Crippen LogP contribution in [0.15, 0.2) is 67.0 Å². The second kappa shape index (κ2) is 6.46. The van der Waals surface area contributed by atoms with E-state index < -0.39 is 8.07 Å². The molecule has 4 rings (SSSR count). The maximum Gasteiger partial charge on any atom is 0.296 e. The van der Waals surface area contributed by atoms with E-state index in [-0.39, 0.29) is 0 Å². The number of hydrogen-bond acceptors (Lipinski definition) is 1. The number of benzene rings is 2. The zero-order chi connectivity index (χ0) is 19.2. The van der Waals surface area contributed by atoms with Crippen molar-refractivity contribution in [3.8, 4) is 17.1 Å². The number of imidazole rings is 1. The van der Waals surface area contributed by atoms with Crippen molar-refractivity contribution < 1.29 is 4.57 Å². The van der Waals surface area contributed by atoms with Crippen LogP contribution in [-0.4, -0.2) is 17.6 Å². The van der Waals surface area contributed by atoms with Crippen LogP contribution in [0.25, 0.3) is 28.1 Å². The molecule has 0 N–H and O–H groups in total. The van der Waals surface area contributed by atoms with E-state index in [2.05, 4.69) is 102 Å². The highest BCUT2D eigenvalue weighted by atomic mass is 28.3. The number of pyridine rings is 1. The first-order valence-corrected chi connectivity index (χ1v) is 12.9. The first-order chi connectivity index (χ1) is 12.9. The minimum atomic E-state index is -1.52. The molecule has 2 heterocycles. The molecule has 3 nitrogen and oxygen atoms in total. The van der Waals surface area contributed by atoms with Crippen LogP contribution in [-0.2, 0) is 7.05 Å². The molecule has 4 aromatic rings. The quantitative estimate of drug-likeness (QED) is 0.386. The molecule has 2 aromatic carbocycles. The third-order valence-electron chi connectivity index (χ3n) is 5.25. The first-order valence-electron chi connectivity index (χ1n) is 9.40. The molecule has 2 aromatic heterocycles. The minimum absolute atomic E-state index is 1.17. The summed E-state index contributed by atoms with van der Waals surface area (Å²) in [4.78, 5) is 4.42. The molecule has 27 heavy (non-hydrogen) atoms. The number of rotatable bonds is 3. The Morgan fingerprint density at radius 1 is 0.926 bits per heavy atom. The number of aryl methyl sites for hydroxylation is 2. The van der Waals surface area contributed by atoms with Crippen molar-refractivity contribution in [3.05, 3.63) is 72.6 Å². The van der Waals surface area contributed by atoms with Gasteiger partial charge in [-0.05, 0) is 41.9 Å². The van der Waals surface area contributed by atoms with E-state index in [1.165, 1.54) is 38.9 Å². The second-order valence-electron chi connectivity index (χ2n) is 8.16. The van der Waals surface area contributed by atoms with E-state index in [9.17, 15) is 0 Å². The van der Waals surface area contributed by atoms with Crippen LogP contribution in [0.1, 0.15) is 5.56 Å². The van der Waals surface area contributed by atoms with Crippen LogP contribution in [0.5, 0.6) is 0 Å². The van der Waals surface area contributed by atoms with Crippen molar-refractivity contribution in [2.75, 3.05) is 0 Å². The van der Waals surface area contributed by atoms with E-state index >= 15 is 0 Å². The maximum atomic E-state index is 4.42. The largest absolute Gasteiger partial charge is 0.296 e. The summed E-state index contributed by atoms with van der Waals surface area (Å²) in [5.41, 5.74) is 6.13. The van der Waals surface area contributed by atoms with E-state index in [0.717, 1.165) is 0 Å². The topological polar surface area (TPSA) is 21.7 Å². The van der Waals surface area contributed by atoms with Crippen molar-refractivity contribution in [1.29, 1.82) is 0 Å². The molecule has 0 atom stereocenters. The molecule has 0 fully saturated rings. The monoisotopic (exact) mass is 372 g/mol. The average Bonchev–Trinajstić information content (AvgIpc) is 2.94. The van der Waals surface area contributed by atoms with Gasteiger partial charge in [0.2, 0.25) is 0 Å². The summed E-state index contributed by atoms with van der Waals surface area (Å²) >= 11 is 0. The molecule has 4 heteroatoms. The van der Waals surface area contributed by atoms with Gasteiger partial charge in [0.15, 0.2) is 11.0 Å². The zero-order valence-electron chi connectivity index (χ0n) is 16.7. The SMILES string of the molecule is Cc1ccncc1-c1n(-c2ccccc2[Si](C)(C)C)c2ccccc2[n+]1C. The third kappa shape index (κ3) is 2.90. The van der Waals surface area contributed by atoms with E-state index in [1.807, 2.05) is 12.4 Å². The molecule has 0 saturated heterocycles. The predicted octanol–water partition coefficient (Wildman–Crippen LogP) is 4.37. The van der Waals surface area contributed by atoms with E-state index in [0.29, 0.717) is 0 Å². The second-order valence-corrected chi connectivity index (χ2v) is 13.2. The number of fused-ring (bicyclic) bond motifs is 1. The molecule has 0 amide bonds.